The Labute approximate surface area is 108 Å². The maximum atomic E-state index is 12.0. The molecular weight excluding hydrogens is 246 g/mol. The molecule has 0 radical (unpaired) electrons. The largest absolute Gasteiger partial charge is 0.272 e. The lowest BCUT2D eigenvalue weighted by atomic mass is 10.2. The molecule has 4 rings (SSSR count). The minimum absolute atomic E-state index is 0.0518. The molecule has 2 aromatic rings. The van der Waals surface area contributed by atoms with E-state index in [1.165, 1.54) is 29.2 Å². The number of fused-ring (bicyclic) bond motifs is 1. The summed E-state index contributed by atoms with van der Waals surface area (Å²) in [5.41, 5.74) is 1.97. The number of amides is 1. The molecule has 0 atom stereocenters. The van der Waals surface area contributed by atoms with Crippen LogP contribution < -0.4 is 5.01 Å². The van der Waals surface area contributed by atoms with E-state index in [0.29, 0.717) is 17.5 Å². The zero-order valence-electron chi connectivity index (χ0n) is 9.67. The number of carbonyl (C=O) groups excluding carboxylic acids is 1. The van der Waals surface area contributed by atoms with Crippen molar-refractivity contribution in [2.45, 2.75) is 19.3 Å². The summed E-state index contributed by atoms with van der Waals surface area (Å²) >= 11 is 1.52. The highest BCUT2D eigenvalue weighted by molar-refractivity contribution is 7.22. The topological polar surface area (TPSA) is 45.6 Å². The molecular formula is C13H11N3OS. The fourth-order valence-corrected chi connectivity index (χ4v) is 3.13. The predicted molar refractivity (Wildman–Crippen MR) is 71.9 cm³/mol. The molecule has 1 aliphatic heterocycles. The number of para-hydroxylation sites is 1. The molecule has 0 saturated heterocycles. The number of hydrogen-bond donors (Lipinski definition) is 0. The van der Waals surface area contributed by atoms with Crippen LogP contribution in [0.2, 0.25) is 0 Å². The third-order valence-corrected chi connectivity index (χ3v) is 4.32. The van der Waals surface area contributed by atoms with Gasteiger partial charge in [-0.15, -0.1) is 0 Å². The Hall–Kier alpha value is -1.75. The van der Waals surface area contributed by atoms with E-state index < -0.39 is 0 Å². The van der Waals surface area contributed by atoms with Crippen molar-refractivity contribution in [1.82, 2.24) is 4.98 Å². The van der Waals surface area contributed by atoms with E-state index in [1.54, 1.807) is 0 Å². The zero-order valence-corrected chi connectivity index (χ0v) is 10.5. The van der Waals surface area contributed by atoms with Crippen LogP contribution >= 0.6 is 11.3 Å². The van der Waals surface area contributed by atoms with Crippen LogP contribution in [-0.2, 0) is 4.79 Å². The minimum atomic E-state index is 0.0518. The lowest BCUT2D eigenvalue weighted by Crippen LogP contribution is -2.19. The van der Waals surface area contributed by atoms with E-state index in [9.17, 15) is 4.79 Å². The fraction of sp³-hybridized carbons (Fsp3) is 0.308. The molecule has 1 saturated carbocycles. The number of rotatable bonds is 2. The molecule has 1 fully saturated rings. The highest BCUT2D eigenvalue weighted by Gasteiger charge is 2.36. The summed E-state index contributed by atoms with van der Waals surface area (Å²) in [7, 11) is 0. The first-order valence-electron chi connectivity index (χ1n) is 6.07. The molecule has 1 aromatic heterocycles. The normalized spacial score (nSPS) is 19.7. The van der Waals surface area contributed by atoms with Gasteiger partial charge in [0.05, 0.1) is 22.3 Å². The molecule has 0 spiro atoms. The third-order valence-electron chi connectivity index (χ3n) is 3.31. The van der Waals surface area contributed by atoms with Crippen LogP contribution in [0.25, 0.3) is 10.2 Å². The Morgan fingerprint density at radius 2 is 2.11 bits per heavy atom. The van der Waals surface area contributed by atoms with E-state index in [2.05, 4.69) is 10.1 Å². The molecule has 1 amide bonds. The second kappa shape index (κ2) is 3.62. The first-order chi connectivity index (χ1) is 8.81. The monoisotopic (exact) mass is 257 g/mol. The molecule has 18 heavy (non-hydrogen) atoms. The van der Waals surface area contributed by atoms with Gasteiger partial charge in [-0.1, -0.05) is 23.5 Å². The number of aromatic nitrogens is 1. The molecule has 1 aliphatic carbocycles. The van der Waals surface area contributed by atoms with Crippen LogP contribution in [-0.4, -0.2) is 16.6 Å². The summed E-state index contributed by atoms with van der Waals surface area (Å²) in [6, 6.07) is 7.91. The van der Waals surface area contributed by atoms with Crippen molar-refractivity contribution < 1.29 is 4.79 Å². The predicted octanol–water partition coefficient (Wildman–Crippen LogP) is 2.80. The summed E-state index contributed by atoms with van der Waals surface area (Å²) in [6.45, 7) is 0. The first kappa shape index (κ1) is 10.2. The second-order valence-corrected chi connectivity index (χ2v) is 5.72. The average molecular weight is 257 g/mol. The second-order valence-electron chi connectivity index (χ2n) is 4.71. The van der Waals surface area contributed by atoms with Crippen molar-refractivity contribution >= 4 is 38.3 Å². The van der Waals surface area contributed by atoms with Crippen molar-refractivity contribution in [1.29, 1.82) is 0 Å². The van der Waals surface area contributed by atoms with Gasteiger partial charge in [-0.3, -0.25) is 4.79 Å². The smallest absolute Gasteiger partial charge is 0.255 e. The Morgan fingerprint density at radius 3 is 2.89 bits per heavy atom. The van der Waals surface area contributed by atoms with Crippen LogP contribution in [0.15, 0.2) is 29.4 Å². The van der Waals surface area contributed by atoms with E-state index >= 15 is 0 Å². The summed E-state index contributed by atoms with van der Waals surface area (Å²) < 4.78 is 1.09. The van der Waals surface area contributed by atoms with Crippen molar-refractivity contribution in [3.63, 3.8) is 0 Å². The van der Waals surface area contributed by atoms with Gasteiger partial charge in [-0.25, -0.2) is 4.98 Å². The van der Waals surface area contributed by atoms with Crippen LogP contribution in [0.5, 0.6) is 0 Å². The van der Waals surface area contributed by atoms with E-state index in [0.717, 1.165) is 15.9 Å². The van der Waals surface area contributed by atoms with E-state index in [-0.39, 0.29) is 5.91 Å². The Balaban J connectivity index is 1.75. The quantitative estimate of drug-likeness (QED) is 0.830. The van der Waals surface area contributed by atoms with E-state index in [4.69, 9.17) is 0 Å². The van der Waals surface area contributed by atoms with Crippen LogP contribution in [0.3, 0.4) is 0 Å². The van der Waals surface area contributed by atoms with Gasteiger partial charge in [0, 0.05) is 0 Å². The number of hydrogen-bond acceptors (Lipinski definition) is 4. The number of nitrogens with zero attached hydrogens (tertiary/aromatic N) is 3. The highest BCUT2D eigenvalue weighted by atomic mass is 32.1. The third kappa shape index (κ3) is 1.54. The van der Waals surface area contributed by atoms with Gasteiger partial charge in [0.25, 0.3) is 5.91 Å². The molecule has 5 heteroatoms. The van der Waals surface area contributed by atoms with Gasteiger partial charge < -0.3 is 0 Å². The Kier molecular flexibility index (Phi) is 2.05. The maximum absolute atomic E-state index is 12.0. The molecule has 90 valence electrons. The van der Waals surface area contributed by atoms with Gasteiger partial charge in [-0.2, -0.15) is 10.1 Å². The highest BCUT2D eigenvalue weighted by Crippen LogP contribution is 2.37. The summed E-state index contributed by atoms with van der Waals surface area (Å²) in [5, 5.41) is 6.62. The minimum Gasteiger partial charge on any atom is -0.272 e. The van der Waals surface area contributed by atoms with Crippen LogP contribution in [0.1, 0.15) is 19.3 Å². The Bertz CT molecular complexity index is 639. The van der Waals surface area contributed by atoms with Gasteiger partial charge in [-0.05, 0) is 30.9 Å². The molecule has 0 unspecified atom stereocenters. The SMILES string of the molecule is O=C1CC(C2CC2)=NN1c1nc2ccccc2s1. The average Bonchev–Trinajstić information content (AvgIpc) is 3.01. The number of benzene rings is 1. The molecule has 0 N–H and O–H groups in total. The van der Waals surface area contributed by atoms with Gasteiger partial charge in [0.15, 0.2) is 0 Å². The zero-order chi connectivity index (χ0) is 12.1. The molecule has 1 aromatic carbocycles. The number of carbonyl (C=O) groups is 1. The van der Waals surface area contributed by atoms with Crippen molar-refractivity contribution in [2.24, 2.45) is 11.0 Å². The Morgan fingerprint density at radius 1 is 1.28 bits per heavy atom. The maximum Gasteiger partial charge on any atom is 0.255 e. The van der Waals surface area contributed by atoms with Gasteiger partial charge in [0.2, 0.25) is 5.13 Å². The van der Waals surface area contributed by atoms with E-state index in [1.807, 2.05) is 24.3 Å². The summed E-state index contributed by atoms with van der Waals surface area (Å²) in [6.07, 6.45) is 2.83. The summed E-state index contributed by atoms with van der Waals surface area (Å²) in [5.74, 6) is 0.601. The number of anilines is 1. The lowest BCUT2D eigenvalue weighted by molar-refractivity contribution is -0.116. The lowest BCUT2D eigenvalue weighted by Gasteiger charge is -2.05. The molecule has 0 bridgehead atoms. The number of thiazole rings is 1. The molecule has 2 heterocycles. The van der Waals surface area contributed by atoms with Crippen molar-refractivity contribution in [3.05, 3.63) is 24.3 Å². The van der Waals surface area contributed by atoms with Crippen molar-refractivity contribution in [3.8, 4) is 0 Å². The first-order valence-corrected chi connectivity index (χ1v) is 6.89. The van der Waals surface area contributed by atoms with Gasteiger partial charge >= 0.3 is 0 Å². The fourth-order valence-electron chi connectivity index (χ4n) is 2.19. The van der Waals surface area contributed by atoms with Crippen molar-refractivity contribution in [2.75, 3.05) is 5.01 Å². The van der Waals surface area contributed by atoms with Crippen LogP contribution in [0, 0.1) is 5.92 Å². The van der Waals surface area contributed by atoms with Crippen LogP contribution in [0.4, 0.5) is 5.13 Å². The molecule has 2 aliphatic rings. The van der Waals surface area contributed by atoms with Gasteiger partial charge in [0.1, 0.15) is 0 Å². The standard InChI is InChI=1S/C13H11N3OS/c17-12-7-10(8-5-6-8)15-16(12)13-14-9-3-1-2-4-11(9)18-13/h1-4,8H,5-7H2. The molecule has 4 nitrogen and oxygen atoms in total. The number of hydrazone groups is 1. The summed E-state index contributed by atoms with van der Waals surface area (Å²) in [4.78, 5) is 16.4.